The number of benzene rings is 2. The van der Waals surface area contributed by atoms with E-state index in [0.29, 0.717) is 31.2 Å². The highest BCUT2D eigenvalue weighted by Gasteiger charge is 2.04. The van der Waals surface area contributed by atoms with Gasteiger partial charge >= 0.3 is 0 Å². The van der Waals surface area contributed by atoms with Gasteiger partial charge in [-0.15, -0.1) is 0 Å². The summed E-state index contributed by atoms with van der Waals surface area (Å²) in [5.74, 6) is 0.242. The first kappa shape index (κ1) is 20.4. The van der Waals surface area contributed by atoms with Crippen LogP contribution in [0.5, 0.6) is 0 Å². The summed E-state index contributed by atoms with van der Waals surface area (Å²) >= 11 is 0. The molecule has 0 aliphatic rings. The molecule has 0 radical (unpaired) electrons. The predicted molar refractivity (Wildman–Crippen MR) is 107 cm³/mol. The van der Waals surface area contributed by atoms with Crippen LogP contribution < -0.4 is 16.0 Å². The van der Waals surface area contributed by atoms with Gasteiger partial charge < -0.3 is 16.0 Å². The van der Waals surface area contributed by atoms with Crippen LogP contribution in [0.4, 0.5) is 4.39 Å². The number of aryl methyl sites for hydroxylation is 1. The standard InChI is InChI=1S/C21H27FN4O/c1-3-23-21(25-14-18-9-10-19(22)16(2)13-18)26-15-20(27)24-12-11-17-7-5-4-6-8-17/h4-10,13H,3,11-12,14-15H2,1-2H3,(H,24,27)(H2,23,25,26). The van der Waals surface area contributed by atoms with Crippen molar-refractivity contribution >= 4 is 11.9 Å². The Morgan fingerprint density at radius 3 is 2.52 bits per heavy atom. The number of rotatable bonds is 8. The Hall–Kier alpha value is -2.89. The van der Waals surface area contributed by atoms with Gasteiger partial charge in [0.25, 0.3) is 0 Å². The molecule has 0 aliphatic carbocycles. The van der Waals surface area contributed by atoms with E-state index in [0.717, 1.165) is 12.0 Å². The molecule has 2 aromatic carbocycles. The van der Waals surface area contributed by atoms with E-state index < -0.39 is 0 Å². The minimum Gasteiger partial charge on any atom is -0.357 e. The van der Waals surface area contributed by atoms with Crippen molar-refractivity contribution in [3.8, 4) is 0 Å². The molecule has 27 heavy (non-hydrogen) atoms. The molecule has 0 saturated heterocycles. The first-order chi connectivity index (χ1) is 13.1. The molecular formula is C21H27FN4O. The fourth-order valence-corrected chi connectivity index (χ4v) is 2.53. The van der Waals surface area contributed by atoms with Crippen LogP contribution in [-0.2, 0) is 17.8 Å². The molecule has 0 aliphatic heterocycles. The van der Waals surface area contributed by atoms with E-state index >= 15 is 0 Å². The van der Waals surface area contributed by atoms with Crippen molar-refractivity contribution in [2.45, 2.75) is 26.8 Å². The van der Waals surface area contributed by atoms with Gasteiger partial charge in [0, 0.05) is 13.1 Å². The number of hydrogen-bond donors (Lipinski definition) is 3. The second-order valence-electron chi connectivity index (χ2n) is 6.22. The maximum absolute atomic E-state index is 13.3. The van der Waals surface area contributed by atoms with Gasteiger partial charge in [0.1, 0.15) is 5.82 Å². The normalized spacial score (nSPS) is 11.1. The van der Waals surface area contributed by atoms with E-state index in [4.69, 9.17) is 0 Å². The Morgan fingerprint density at radius 2 is 1.81 bits per heavy atom. The van der Waals surface area contributed by atoms with Gasteiger partial charge in [0.05, 0.1) is 13.1 Å². The monoisotopic (exact) mass is 370 g/mol. The largest absolute Gasteiger partial charge is 0.357 e. The summed E-state index contributed by atoms with van der Waals surface area (Å²) in [5.41, 5.74) is 2.70. The molecule has 6 heteroatoms. The second kappa shape index (κ2) is 11.0. The predicted octanol–water partition coefficient (Wildman–Crippen LogP) is 2.55. The average Bonchev–Trinajstić information content (AvgIpc) is 2.67. The molecule has 3 N–H and O–H groups in total. The van der Waals surface area contributed by atoms with Crippen molar-refractivity contribution in [2.24, 2.45) is 4.99 Å². The highest BCUT2D eigenvalue weighted by atomic mass is 19.1. The lowest BCUT2D eigenvalue weighted by Crippen LogP contribution is -2.43. The number of hydrogen-bond acceptors (Lipinski definition) is 2. The van der Waals surface area contributed by atoms with Crippen molar-refractivity contribution in [1.29, 1.82) is 0 Å². The number of aliphatic imine (C=N–C) groups is 1. The van der Waals surface area contributed by atoms with Crippen LogP contribution in [0.3, 0.4) is 0 Å². The summed E-state index contributed by atoms with van der Waals surface area (Å²) in [5, 5.41) is 9.01. The molecule has 0 spiro atoms. The van der Waals surface area contributed by atoms with Crippen LogP contribution in [0, 0.1) is 12.7 Å². The lowest BCUT2D eigenvalue weighted by Gasteiger charge is -2.12. The second-order valence-corrected chi connectivity index (χ2v) is 6.22. The zero-order valence-corrected chi connectivity index (χ0v) is 15.9. The molecule has 0 unspecified atom stereocenters. The van der Waals surface area contributed by atoms with Gasteiger partial charge in [-0.2, -0.15) is 0 Å². The van der Waals surface area contributed by atoms with E-state index in [1.807, 2.05) is 37.3 Å². The van der Waals surface area contributed by atoms with E-state index in [-0.39, 0.29) is 18.3 Å². The van der Waals surface area contributed by atoms with Gasteiger partial charge in [-0.25, -0.2) is 9.38 Å². The van der Waals surface area contributed by atoms with Crippen molar-refractivity contribution in [2.75, 3.05) is 19.6 Å². The number of amides is 1. The molecule has 0 heterocycles. The van der Waals surface area contributed by atoms with Crippen LogP contribution >= 0.6 is 0 Å². The summed E-state index contributed by atoms with van der Waals surface area (Å²) in [7, 11) is 0. The molecule has 0 atom stereocenters. The van der Waals surface area contributed by atoms with Crippen molar-refractivity contribution in [3.05, 3.63) is 71.0 Å². The van der Waals surface area contributed by atoms with E-state index in [2.05, 4.69) is 20.9 Å². The van der Waals surface area contributed by atoms with Crippen LogP contribution in [0.15, 0.2) is 53.5 Å². The third-order valence-corrected chi connectivity index (χ3v) is 3.98. The summed E-state index contributed by atoms with van der Waals surface area (Å²) in [6.07, 6.45) is 0.796. The lowest BCUT2D eigenvalue weighted by atomic mass is 10.1. The van der Waals surface area contributed by atoms with Gasteiger partial charge in [0.15, 0.2) is 5.96 Å². The Kier molecular flexibility index (Phi) is 8.29. The van der Waals surface area contributed by atoms with Crippen LogP contribution in [0.1, 0.15) is 23.6 Å². The number of nitrogens with zero attached hydrogens (tertiary/aromatic N) is 1. The van der Waals surface area contributed by atoms with Crippen LogP contribution in [0.25, 0.3) is 0 Å². The first-order valence-corrected chi connectivity index (χ1v) is 9.16. The quantitative estimate of drug-likeness (QED) is 0.494. The maximum Gasteiger partial charge on any atom is 0.239 e. The smallest absolute Gasteiger partial charge is 0.239 e. The van der Waals surface area contributed by atoms with Gasteiger partial charge in [0.2, 0.25) is 5.91 Å². The molecular weight excluding hydrogens is 343 g/mol. The number of carbonyl (C=O) groups is 1. The summed E-state index contributed by atoms with van der Waals surface area (Å²) in [6.45, 7) is 5.51. The highest BCUT2D eigenvalue weighted by molar-refractivity contribution is 5.86. The molecule has 1 amide bonds. The molecule has 0 bridgehead atoms. The fraction of sp³-hybridized carbons (Fsp3) is 0.333. The topological polar surface area (TPSA) is 65.5 Å². The number of guanidine groups is 1. The Morgan fingerprint density at radius 1 is 1.04 bits per heavy atom. The van der Waals surface area contributed by atoms with Crippen molar-refractivity contribution < 1.29 is 9.18 Å². The third-order valence-electron chi connectivity index (χ3n) is 3.98. The zero-order chi connectivity index (χ0) is 19.5. The lowest BCUT2D eigenvalue weighted by molar-refractivity contribution is -0.119. The Labute approximate surface area is 160 Å². The summed E-state index contributed by atoms with van der Waals surface area (Å²) in [4.78, 5) is 16.4. The van der Waals surface area contributed by atoms with Gasteiger partial charge in [-0.1, -0.05) is 42.5 Å². The Bertz CT molecular complexity index is 762. The van der Waals surface area contributed by atoms with E-state index in [9.17, 15) is 9.18 Å². The molecule has 144 valence electrons. The Balaban J connectivity index is 1.78. The third kappa shape index (κ3) is 7.48. The summed E-state index contributed by atoms with van der Waals surface area (Å²) < 4.78 is 13.3. The molecule has 0 fully saturated rings. The van der Waals surface area contributed by atoms with Crippen LogP contribution in [0.2, 0.25) is 0 Å². The maximum atomic E-state index is 13.3. The molecule has 2 rings (SSSR count). The SMILES string of the molecule is CCNC(=NCc1ccc(F)c(C)c1)NCC(=O)NCCc1ccccc1. The zero-order valence-electron chi connectivity index (χ0n) is 15.9. The number of carbonyl (C=O) groups excluding carboxylic acids is 1. The van der Waals surface area contributed by atoms with Gasteiger partial charge in [-0.05, 0) is 43.0 Å². The highest BCUT2D eigenvalue weighted by Crippen LogP contribution is 2.10. The minimum atomic E-state index is -0.222. The molecule has 5 nitrogen and oxygen atoms in total. The number of nitrogens with one attached hydrogen (secondary N) is 3. The molecule has 2 aromatic rings. The first-order valence-electron chi connectivity index (χ1n) is 9.16. The molecule has 0 aromatic heterocycles. The van der Waals surface area contributed by atoms with Gasteiger partial charge in [-0.3, -0.25) is 4.79 Å². The summed E-state index contributed by atoms with van der Waals surface area (Å²) in [6, 6.07) is 15.0. The van der Waals surface area contributed by atoms with E-state index in [1.54, 1.807) is 19.1 Å². The van der Waals surface area contributed by atoms with E-state index in [1.165, 1.54) is 11.6 Å². The minimum absolute atomic E-state index is 0.0887. The molecule has 0 saturated carbocycles. The van der Waals surface area contributed by atoms with Crippen LogP contribution in [-0.4, -0.2) is 31.5 Å². The average molecular weight is 370 g/mol. The van der Waals surface area contributed by atoms with Crippen molar-refractivity contribution in [3.63, 3.8) is 0 Å². The fourth-order valence-electron chi connectivity index (χ4n) is 2.53. The number of halogens is 1. The van der Waals surface area contributed by atoms with Crippen molar-refractivity contribution in [1.82, 2.24) is 16.0 Å².